The molecule has 3 aliphatic rings. The fraction of sp³-hybridized carbons (Fsp3) is 0.229. The average molecular weight is 936 g/mol. The molecular formula is C70H65NO. The Morgan fingerprint density at radius 1 is 0.528 bits per heavy atom. The highest BCUT2D eigenvalue weighted by molar-refractivity contribution is 6.06. The van der Waals surface area contributed by atoms with Gasteiger partial charge >= 0.3 is 0 Å². The number of fused-ring (bicyclic) bond motifs is 7. The van der Waals surface area contributed by atoms with E-state index >= 15 is 0 Å². The van der Waals surface area contributed by atoms with Crippen molar-refractivity contribution in [2.75, 3.05) is 4.90 Å². The molecular weight excluding hydrogens is 871 g/mol. The predicted octanol–water partition coefficient (Wildman–Crippen LogP) is 17.7. The molecule has 0 spiro atoms. The van der Waals surface area contributed by atoms with Crippen LogP contribution in [0.25, 0.3) is 72.5 Å². The summed E-state index contributed by atoms with van der Waals surface area (Å²) in [6.45, 7) is 21.3. The van der Waals surface area contributed by atoms with Crippen LogP contribution in [0, 0.1) is 5.92 Å². The largest absolute Gasteiger partial charge is 0.456 e. The molecule has 1 heterocycles. The minimum Gasteiger partial charge on any atom is -0.456 e. The zero-order valence-electron chi connectivity index (χ0n) is 43.5. The molecule has 8 aromatic carbocycles. The minimum atomic E-state index is -0.121. The van der Waals surface area contributed by atoms with Gasteiger partial charge < -0.3 is 9.32 Å². The van der Waals surface area contributed by atoms with Gasteiger partial charge in [0.1, 0.15) is 11.2 Å². The molecule has 356 valence electrons. The lowest BCUT2D eigenvalue weighted by molar-refractivity contribution is 0.569. The maximum absolute atomic E-state index is 6.57. The molecule has 9 aromatic rings. The van der Waals surface area contributed by atoms with Gasteiger partial charge in [-0.2, -0.15) is 0 Å². The molecule has 2 nitrogen and oxygen atoms in total. The smallest absolute Gasteiger partial charge is 0.136 e. The number of benzene rings is 8. The van der Waals surface area contributed by atoms with Crippen molar-refractivity contribution in [3.05, 3.63) is 232 Å². The van der Waals surface area contributed by atoms with Crippen LogP contribution in [0.4, 0.5) is 11.4 Å². The molecule has 1 unspecified atom stereocenters. The van der Waals surface area contributed by atoms with Crippen molar-refractivity contribution in [2.24, 2.45) is 5.92 Å². The number of furan rings is 1. The van der Waals surface area contributed by atoms with E-state index in [2.05, 4.69) is 255 Å². The first-order valence-electron chi connectivity index (χ1n) is 26.2. The zero-order valence-corrected chi connectivity index (χ0v) is 43.5. The quantitative estimate of drug-likeness (QED) is 0.158. The maximum Gasteiger partial charge on any atom is 0.136 e. The Kier molecular flexibility index (Phi) is 10.9. The zero-order chi connectivity index (χ0) is 49.7. The van der Waals surface area contributed by atoms with Crippen LogP contribution in [-0.2, 0) is 16.2 Å². The molecule has 2 heteroatoms. The fourth-order valence-electron chi connectivity index (χ4n) is 12.2. The van der Waals surface area contributed by atoms with Crippen LogP contribution >= 0.6 is 0 Å². The Morgan fingerprint density at radius 2 is 1.15 bits per heavy atom. The Bertz CT molecular complexity index is 3820. The van der Waals surface area contributed by atoms with E-state index in [1.165, 1.54) is 88.6 Å². The standard InChI is InChI=1S/C70H65NO/c1-44-21-18-33-63(66(44)47-36-37-54-53-25-10-14-30-59(53)70(8,9)60(54)41-47)71(61-31-15-11-24-51(61)46-35-38-57-56-27-13-17-34-64(56)72-65(57)42-46)62-32-16-12-26-55(62)58-29-20-23-45-22-19-28-52(67(45)58)48-39-49(68(2,3)4)43-50(40-48)69(5,6)7/h10-19,22-28,30-44H,20-21,29H2,1-9H3. The van der Waals surface area contributed by atoms with E-state index in [4.69, 9.17) is 4.42 Å². The highest BCUT2D eigenvalue weighted by Gasteiger charge is 2.37. The van der Waals surface area contributed by atoms with Crippen LogP contribution in [0.5, 0.6) is 0 Å². The molecule has 0 saturated heterocycles. The number of hydrogen-bond acceptors (Lipinski definition) is 2. The van der Waals surface area contributed by atoms with Crippen LogP contribution < -0.4 is 15.3 Å². The molecule has 0 saturated carbocycles. The molecule has 1 atom stereocenters. The number of para-hydroxylation sites is 3. The van der Waals surface area contributed by atoms with Gasteiger partial charge in [-0.25, -0.2) is 0 Å². The van der Waals surface area contributed by atoms with Gasteiger partial charge in [-0.3, -0.25) is 0 Å². The van der Waals surface area contributed by atoms with Gasteiger partial charge in [0.05, 0.1) is 11.4 Å². The van der Waals surface area contributed by atoms with Crippen molar-refractivity contribution in [1.29, 1.82) is 0 Å². The summed E-state index contributed by atoms with van der Waals surface area (Å²) in [5.41, 5.74) is 23.5. The first kappa shape index (κ1) is 45.7. The summed E-state index contributed by atoms with van der Waals surface area (Å²) in [4.78, 5) is 2.62. The van der Waals surface area contributed by atoms with Gasteiger partial charge in [0, 0.05) is 33.0 Å². The van der Waals surface area contributed by atoms with Gasteiger partial charge in [-0.15, -0.1) is 0 Å². The van der Waals surface area contributed by atoms with Crippen LogP contribution in [0.1, 0.15) is 115 Å². The second-order valence-electron chi connectivity index (χ2n) is 23.2. The van der Waals surface area contributed by atoms with Crippen LogP contribution in [0.3, 0.4) is 0 Å². The first-order valence-corrected chi connectivity index (χ1v) is 26.2. The van der Waals surface area contributed by atoms with E-state index in [-0.39, 0.29) is 22.2 Å². The van der Waals surface area contributed by atoms with E-state index in [1.54, 1.807) is 0 Å². The normalized spacial score (nSPS) is 16.2. The van der Waals surface area contributed by atoms with Crippen molar-refractivity contribution in [2.45, 2.75) is 97.8 Å². The molecule has 0 radical (unpaired) electrons. The van der Waals surface area contributed by atoms with E-state index in [9.17, 15) is 0 Å². The predicted molar refractivity (Wildman–Crippen MR) is 306 cm³/mol. The summed E-state index contributed by atoms with van der Waals surface area (Å²) in [6, 6.07) is 64.1. The molecule has 3 aliphatic carbocycles. The van der Waals surface area contributed by atoms with Crippen LogP contribution in [-0.4, -0.2) is 0 Å². The van der Waals surface area contributed by atoms with E-state index < -0.39 is 0 Å². The molecule has 0 aliphatic heterocycles. The van der Waals surface area contributed by atoms with Crippen molar-refractivity contribution in [3.8, 4) is 33.4 Å². The number of rotatable bonds is 7. The second kappa shape index (κ2) is 17.1. The highest BCUT2D eigenvalue weighted by atomic mass is 16.3. The Labute approximate surface area is 426 Å². The van der Waals surface area contributed by atoms with Gasteiger partial charge in [0.25, 0.3) is 0 Å². The fourth-order valence-corrected chi connectivity index (χ4v) is 12.2. The summed E-state index contributed by atoms with van der Waals surface area (Å²) in [5.74, 6) is 0.264. The monoisotopic (exact) mass is 936 g/mol. The Hall–Kier alpha value is -7.42. The summed E-state index contributed by atoms with van der Waals surface area (Å²) >= 11 is 0. The molecule has 72 heavy (non-hydrogen) atoms. The van der Waals surface area contributed by atoms with Gasteiger partial charge in [-0.1, -0.05) is 208 Å². The topological polar surface area (TPSA) is 16.4 Å². The minimum absolute atomic E-state index is 0.00635. The average Bonchev–Trinajstić information content (AvgIpc) is 3.86. The molecule has 0 bridgehead atoms. The molecule has 0 amide bonds. The lowest BCUT2D eigenvalue weighted by Crippen LogP contribution is -2.32. The summed E-state index contributed by atoms with van der Waals surface area (Å²) in [6.07, 6.45) is 10.2. The van der Waals surface area contributed by atoms with Crippen LogP contribution in [0.2, 0.25) is 0 Å². The van der Waals surface area contributed by atoms with E-state index in [0.717, 1.165) is 58.0 Å². The highest BCUT2D eigenvalue weighted by Crippen LogP contribution is 2.52. The van der Waals surface area contributed by atoms with Gasteiger partial charge in [0.2, 0.25) is 0 Å². The molecule has 0 N–H and O–H groups in total. The van der Waals surface area contributed by atoms with Crippen molar-refractivity contribution in [3.63, 3.8) is 0 Å². The summed E-state index contributed by atoms with van der Waals surface area (Å²) in [5, 5.41) is 4.92. The molecule has 12 rings (SSSR count). The number of anilines is 2. The second-order valence-corrected chi connectivity index (χ2v) is 23.2. The van der Waals surface area contributed by atoms with E-state index in [0.29, 0.717) is 0 Å². The Morgan fingerprint density at radius 3 is 1.92 bits per heavy atom. The summed E-state index contributed by atoms with van der Waals surface area (Å²) in [7, 11) is 0. The summed E-state index contributed by atoms with van der Waals surface area (Å²) < 4.78 is 6.57. The first-order chi connectivity index (χ1) is 34.6. The van der Waals surface area contributed by atoms with Crippen molar-refractivity contribution >= 4 is 50.5 Å². The van der Waals surface area contributed by atoms with Crippen molar-refractivity contribution in [1.82, 2.24) is 0 Å². The Balaban J connectivity index is 1.14. The molecule has 0 fully saturated rings. The lowest BCUT2D eigenvalue weighted by Gasteiger charge is -2.36. The molecule has 1 aromatic heterocycles. The third-order valence-corrected chi connectivity index (χ3v) is 16.1. The third-order valence-electron chi connectivity index (χ3n) is 16.1. The van der Waals surface area contributed by atoms with Gasteiger partial charge in [0.15, 0.2) is 0 Å². The van der Waals surface area contributed by atoms with Crippen LogP contribution in [0.15, 0.2) is 192 Å². The number of nitrogens with zero attached hydrogens (tertiary/aromatic N) is 1. The third kappa shape index (κ3) is 7.61. The number of hydrogen-bond donors (Lipinski definition) is 0. The van der Waals surface area contributed by atoms with Crippen molar-refractivity contribution < 1.29 is 4.42 Å². The maximum atomic E-state index is 6.57. The lowest BCUT2D eigenvalue weighted by atomic mass is 9.78. The van der Waals surface area contributed by atoms with E-state index in [1.807, 2.05) is 0 Å². The van der Waals surface area contributed by atoms with Gasteiger partial charge in [-0.05, 0) is 156 Å². The SMILES string of the molecule is CC1CC=CC(N(c2ccccc2C2=c3c(-c4cc(C(C)(C)C)cc(C(C)(C)C)c4)cccc3=CCC2)c2ccccc2-c2ccc3c(c2)oc2ccccc23)=C1c1ccc2c(c1)C(C)(C)c1ccccc1-2. The number of allylic oxidation sites excluding steroid dienone is 3.